The van der Waals surface area contributed by atoms with Gasteiger partial charge in [0.05, 0.1) is 56.8 Å². The Hall–Kier alpha value is -8.32. The molecule has 2 heterocycles. The molecule has 0 atom stereocenters. The number of anilines is 1. The number of aromatic nitrogens is 1. The third kappa shape index (κ3) is 5.48. The van der Waals surface area contributed by atoms with Gasteiger partial charge in [-0.3, -0.25) is 9.59 Å². The highest BCUT2D eigenvalue weighted by molar-refractivity contribution is 6.36. The van der Waals surface area contributed by atoms with Gasteiger partial charge in [-0.25, -0.2) is 4.90 Å². The molecule has 6 nitrogen and oxygen atoms in total. The molecule has 1 aliphatic heterocycles. The lowest BCUT2D eigenvalue weighted by atomic mass is 9.97. The zero-order valence-corrected chi connectivity index (χ0v) is 30.9. The summed E-state index contributed by atoms with van der Waals surface area (Å²) in [5.41, 5.74) is 11.4. The van der Waals surface area contributed by atoms with Crippen molar-refractivity contribution in [1.82, 2.24) is 4.57 Å². The number of imide groups is 1. The van der Waals surface area contributed by atoms with Gasteiger partial charge in [0.15, 0.2) is 0 Å². The number of carbonyl (C=O) groups excluding carboxylic acids is 2. The zero-order valence-electron chi connectivity index (χ0n) is 30.9. The van der Waals surface area contributed by atoms with Crippen molar-refractivity contribution in [1.29, 1.82) is 10.5 Å². The number of amides is 2. The van der Waals surface area contributed by atoms with E-state index in [1.807, 2.05) is 146 Å². The van der Waals surface area contributed by atoms with Crippen LogP contribution in [0.5, 0.6) is 0 Å². The van der Waals surface area contributed by atoms with Crippen molar-refractivity contribution < 1.29 is 9.59 Å². The van der Waals surface area contributed by atoms with Crippen LogP contribution in [0.2, 0.25) is 0 Å². The van der Waals surface area contributed by atoms with Crippen LogP contribution >= 0.6 is 0 Å². The number of carbonyl (C=O) groups is 2. The number of hydrogen-bond acceptors (Lipinski definition) is 4. The van der Waals surface area contributed by atoms with Gasteiger partial charge in [0.2, 0.25) is 0 Å². The standard InChI is InChI=1S/C52H30N4O2/c53-31-33-12-7-18-37(26-33)42-20-9-22-44-45-23-10-21-43(38-19-8-13-34(27-38)32-54)50(45)56(49(42)44)47-25-11-24-46-48(47)52(58)55(51(46)57)41-29-39(35-14-3-1-4-15-35)28-40(30-41)36-16-5-2-6-17-36/h1-30H. The molecule has 0 spiro atoms. The number of nitrogens with zero attached hydrogens (tertiary/aromatic N) is 4. The van der Waals surface area contributed by atoms with Crippen LogP contribution in [0.25, 0.3) is 72.0 Å². The fourth-order valence-corrected chi connectivity index (χ4v) is 8.36. The summed E-state index contributed by atoms with van der Waals surface area (Å²) >= 11 is 0. The summed E-state index contributed by atoms with van der Waals surface area (Å²) < 4.78 is 2.09. The number of para-hydroxylation sites is 2. The van der Waals surface area contributed by atoms with Crippen molar-refractivity contribution in [2.24, 2.45) is 0 Å². The van der Waals surface area contributed by atoms with E-state index in [1.54, 1.807) is 18.2 Å². The van der Waals surface area contributed by atoms with E-state index in [-0.39, 0.29) is 0 Å². The predicted molar refractivity (Wildman–Crippen MR) is 230 cm³/mol. The second-order valence-corrected chi connectivity index (χ2v) is 14.3. The van der Waals surface area contributed by atoms with Crippen molar-refractivity contribution in [2.45, 2.75) is 0 Å². The van der Waals surface area contributed by atoms with Crippen molar-refractivity contribution >= 4 is 39.3 Å². The lowest BCUT2D eigenvalue weighted by molar-refractivity contribution is 0.0926. The Morgan fingerprint density at radius 2 is 0.862 bits per heavy atom. The zero-order chi connectivity index (χ0) is 39.3. The van der Waals surface area contributed by atoms with Gasteiger partial charge in [-0.1, -0.05) is 127 Å². The van der Waals surface area contributed by atoms with Crippen LogP contribution in [0.4, 0.5) is 5.69 Å². The van der Waals surface area contributed by atoms with Crippen LogP contribution in [0.3, 0.4) is 0 Å². The molecule has 1 aromatic heterocycles. The first-order valence-corrected chi connectivity index (χ1v) is 18.9. The van der Waals surface area contributed by atoms with Crippen LogP contribution in [-0.4, -0.2) is 16.4 Å². The van der Waals surface area contributed by atoms with Crippen LogP contribution in [0.1, 0.15) is 31.8 Å². The summed E-state index contributed by atoms with van der Waals surface area (Å²) in [7, 11) is 0. The highest BCUT2D eigenvalue weighted by Crippen LogP contribution is 2.45. The van der Waals surface area contributed by atoms with E-state index in [0.717, 1.165) is 66.3 Å². The van der Waals surface area contributed by atoms with Gasteiger partial charge in [0, 0.05) is 21.9 Å². The highest BCUT2D eigenvalue weighted by Gasteiger charge is 2.40. The Kier molecular flexibility index (Phi) is 8.11. The van der Waals surface area contributed by atoms with Crippen LogP contribution in [0.15, 0.2) is 182 Å². The van der Waals surface area contributed by atoms with Crippen LogP contribution in [0, 0.1) is 22.7 Å². The van der Waals surface area contributed by atoms with E-state index in [9.17, 15) is 15.3 Å². The monoisotopic (exact) mass is 742 g/mol. The minimum atomic E-state index is -0.428. The summed E-state index contributed by atoms with van der Waals surface area (Å²) in [4.78, 5) is 31.2. The van der Waals surface area contributed by atoms with E-state index in [0.29, 0.717) is 33.6 Å². The van der Waals surface area contributed by atoms with Crippen LogP contribution < -0.4 is 4.90 Å². The number of rotatable bonds is 6. The second kappa shape index (κ2) is 13.8. The Bertz CT molecular complexity index is 3070. The molecule has 0 radical (unpaired) electrons. The van der Waals surface area contributed by atoms with Crippen molar-refractivity contribution in [3.63, 3.8) is 0 Å². The summed E-state index contributed by atoms with van der Waals surface area (Å²) in [5, 5.41) is 21.6. The topological polar surface area (TPSA) is 89.9 Å². The van der Waals surface area contributed by atoms with Gasteiger partial charge in [-0.2, -0.15) is 10.5 Å². The molecule has 0 unspecified atom stereocenters. The molecule has 0 fully saturated rings. The van der Waals surface area contributed by atoms with E-state index in [1.165, 1.54) is 4.90 Å². The van der Waals surface area contributed by atoms with Crippen molar-refractivity contribution in [3.8, 4) is 62.3 Å². The molecule has 0 aliphatic carbocycles. The quantitative estimate of drug-likeness (QED) is 0.159. The lowest BCUT2D eigenvalue weighted by Gasteiger charge is -2.18. The third-order valence-corrected chi connectivity index (χ3v) is 10.9. The molecule has 9 aromatic rings. The minimum Gasteiger partial charge on any atom is -0.307 e. The first kappa shape index (κ1) is 34.2. The molecule has 1 aliphatic rings. The highest BCUT2D eigenvalue weighted by atomic mass is 16.2. The molecule has 58 heavy (non-hydrogen) atoms. The van der Waals surface area contributed by atoms with Crippen molar-refractivity contribution in [3.05, 3.63) is 204 Å². The average Bonchev–Trinajstić information content (AvgIpc) is 3.77. The fourth-order valence-electron chi connectivity index (χ4n) is 8.36. The summed E-state index contributed by atoms with van der Waals surface area (Å²) in [6, 6.07) is 62.9. The Morgan fingerprint density at radius 1 is 0.397 bits per heavy atom. The summed E-state index contributed by atoms with van der Waals surface area (Å²) in [6.07, 6.45) is 0. The van der Waals surface area contributed by atoms with Gasteiger partial charge < -0.3 is 4.57 Å². The normalized spacial score (nSPS) is 12.1. The SMILES string of the molecule is N#Cc1cccc(-c2cccc3c4cccc(-c5cccc(C#N)c5)c4n(-c4cccc5c4C(=O)N(c4cc(-c6ccccc6)cc(-c6ccccc6)c4)C5=O)c23)c1. The molecular formula is C52H30N4O2. The van der Waals surface area contributed by atoms with E-state index in [2.05, 4.69) is 34.9 Å². The Labute approximate surface area is 334 Å². The first-order valence-electron chi connectivity index (χ1n) is 18.9. The number of hydrogen-bond donors (Lipinski definition) is 0. The number of benzene rings is 8. The third-order valence-electron chi connectivity index (χ3n) is 10.9. The molecule has 0 saturated carbocycles. The maximum Gasteiger partial charge on any atom is 0.268 e. The van der Waals surface area contributed by atoms with Gasteiger partial charge in [0.1, 0.15) is 0 Å². The second-order valence-electron chi connectivity index (χ2n) is 14.3. The molecule has 6 heteroatoms. The smallest absolute Gasteiger partial charge is 0.268 e. The first-order chi connectivity index (χ1) is 28.5. The predicted octanol–water partition coefficient (Wildman–Crippen LogP) is 12.0. The lowest BCUT2D eigenvalue weighted by Crippen LogP contribution is -2.29. The van der Waals surface area contributed by atoms with E-state index in [4.69, 9.17) is 0 Å². The van der Waals surface area contributed by atoms with E-state index >= 15 is 4.79 Å². The summed E-state index contributed by atoms with van der Waals surface area (Å²) in [5.74, 6) is -0.835. The molecular weight excluding hydrogens is 713 g/mol. The fraction of sp³-hybridized carbons (Fsp3) is 0. The van der Waals surface area contributed by atoms with Crippen molar-refractivity contribution in [2.75, 3.05) is 4.90 Å². The largest absolute Gasteiger partial charge is 0.307 e. The maximum absolute atomic E-state index is 15.2. The molecule has 0 N–H and O–H groups in total. The summed E-state index contributed by atoms with van der Waals surface area (Å²) in [6.45, 7) is 0. The molecule has 0 saturated heterocycles. The molecule has 2 amide bonds. The van der Waals surface area contributed by atoms with Gasteiger partial charge in [-0.05, 0) is 88.0 Å². The van der Waals surface area contributed by atoms with Gasteiger partial charge in [0.25, 0.3) is 11.8 Å². The number of fused-ring (bicyclic) bond motifs is 4. The van der Waals surface area contributed by atoms with Gasteiger partial charge >= 0.3 is 0 Å². The maximum atomic E-state index is 15.2. The molecule has 10 rings (SSSR count). The molecule has 270 valence electrons. The molecule has 0 bridgehead atoms. The van der Waals surface area contributed by atoms with Gasteiger partial charge in [-0.15, -0.1) is 0 Å². The molecule has 8 aromatic carbocycles. The Morgan fingerprint density at radius 3 is 1.38 bits per heavy atom. The average molecular weight is 743 g/mol. The van der Waals surface area contributed by atoms with E-state index < -0.39 is 11.8 Å². The number of nitriles is 2. The van der Waals surface area contributed by atoms with Crippen LogP contribution in [-0.2, 0) is 0 Å². The Balaban J connectivity index is 1.25. The minimum absolute atomic E-state index is 0.291.